The summed E-state index contributed by atoms with van der Waals surface area (Å²) in [4.78, 5) is 14.4. The number of allylic oxidation sites excluding steroid dienone is 1. The van der Waals surface area contributed by atoms with Gasteiger partial charge < -0.3 is 9.84 Å². The first-order chi connectivity index (χ1) is 11.7. The predicted octanol–water partition coefficient (Wildman–Crippen LogP) is 4.39. The highest BCUT2D eigenvalue weighted by Crippen LogP contribution is 2.33. The fourth-order valence-corrected chi connectivity index (χ4v) is 3.38. The van der Waals surface area contributed by atoms with Crippen molar-refractivity contribution in [1.82, 2.24) is 0 Å². The van der Waals surface area contributed by atoms with Crippen LogP contribution in [0.15, 0.2) is 76.5 Å². The van der Waals surface area contributed by atoms with Gasteiger partial charge in [0.05, 0.1) is 7.11 Å². The van der Waals surface area contributed by atoms with Crippen molar-refractivity contribution in [3.8, 4) is 0 Å². The fraction of sp³-hybridized carbons (Fsp3) is 0.250. The molecule has 0 saturated heterocycles. The molecule has 0 aliphatic carbocycles. The van der Waals surface area contributed by atoms with Crippen LogP contribution in [0.1, 0.15) is 24.3 Å². The normalized spacial score (nSPS) is 12.7. The second-order valence-corrected chi connectivity index (χ2v) is 6.49. The van der Waals surface area contributed by atoms with Crippen molar-refractivity contribution in [3.05, 3.63) is 77.2 Å². The monoisotopic (exact) mass is 342 g/mol. The molecule has 3 nitrogen and oxygen atoms in total. The Morgan fingerprint density at radius 2 is 1.75 bits per heavy atom. The van der Waals surface area contributed by atoms with Crippen molar-refractivity contribution in [3.63, 3.8) is 0 Å². The largest absolute Gasteiger partial charge is 0.468 e. The highest BCUT2D eigenvalue weighted by Gasteiger charge is 2.20. The average molecular weight is 342 g/mol. The molecular weight excluding hydrogens is 320 g/mol. The third-order valence-corrected chi connectivity index (χ3v) is 4.65. The minimum Gasteiger partial charge on any atom is -0.468 e. The molecule has 0 saturated carbocycles. The van der Waals surface area contributed by atoms with Crippen molar-refractivity contribution in [1.29, 1.82) is 0 Å². The van der Waals surface area contributed by atoms with Crippen LogP contribution >= 0.6 is 11.8 Å². The van der Waals surface area contributed by atoms with Crippen molar-refractivity contribution in [2.45, 2.75) is 23.7 Å². The molecule has 126 valence electrons. The van der Waals surface area contributed by atoms with E-state index in [1.54, 1.807) is 11.8 Å². The number of hydrogen-bond donors (Lipinski definition) is 1. The Morgan fingerprint density at radius 3 is 2.33 bits per heavy atom. The van der Waals surface area contributed by atoms with Crippen LogP contribution < -0.4 is 0 Å². The quantitative estimate of drug-likeness (QED) is 0.571. The molecule has 0 heterocycles. The van der Waals surface area contributed by atoms with Gasteiger partial charge in [-0.3, -0.25) is 4.79 Å². The van der Waals surface area contributed by atoms with Gasteiger partial charge in [0.15, 0.2) is 0 Å². The molecule has 0 fully saturated rings. The van der Waals surface area contributed by atoms with Gasteiger partial charge in [0.1, 0.15) is 5.92 Å². The smallest absolute Gasteiger partial charge is 0.317 e. The van der Waals surface area contributed by atoms with Gasteiger partial charge in [-0.2, -0.15) is 0 Å². The molecule has 0 aliphatic rings. The van der Waals surface area contributed by atoms with Crippen LogP contribution in [-0.2, 0) is 9.53 Å². The van der Waals surface area contributed by atoms with Gasteiger partial charge in [-0.25, -0.2) is 0 Å². The molecular formula is C20H22O3S. The lowest BCUT2D eigenvalue weighted by molar-refractivity contribution is -0.141. The first kappa shape index (κ1) is 18.3. The number of benzene rings is 2. The Hall–Kier alpha value is -2.04. The number of thioether (sulfide) groups is 1. The molecule has 0 bridgehead atoms. The maximum atomic E-state index is 12.2. The number of hydrogen-bond acceptors (Lipinski definition) is 4. The number of aliphatic hydroxyl groups excluding tert-OH is 1. The standard InChI is InChI=1S/C20H22O3S/c1-23-20(22)19(16-9-4-2-5-10-16)15-18(13-8-14-21)24-17-11-6-3-7-12-17/h2-7,9-12,15,19,21H,8,13-14H2,1H3/b18-15-. The van der Waals surface area contributed by atoms with Crippen molar-refractivity contribution < 1.29 is 14.6 Å². The number of esters is 1. The first-order valence-corrected chi connectivity index (χ1v) is 8.73. The van der Waals surface area contributed by atoms with Crippen LogP contribution in [-0.4, -0.2) is 24.8 Å². The van der Waals surface area contributed by atoms with Crippen LogP contribution in [0, 0.1) is 0 Å². The van der Waals surface area contributed by atoms with Gasteiger partial charge >= 0.3 is 5.97 Å². The van der Waals surface area contributed by atoms with Crippen LogP contribution in [0.25, 0.3) is 0 Å². The molecule has 24 heavy (non-hydrogen) atoms. The molecule has 1 atom stereocenters. The van der Waals surface area contributed by atoms with Crippen molar-refractivity contribution in [2.24, 2.45) is 0 Å². The Bertz CT molecular complexity index is 653. The Morgan fingerprint density at radius 1 is 1.12 bits per heavy atom. The van der Waals surface area contributed by atoms with E-state index in [2.05, 4.69) is 0 Å². The van der Waals surface area contributed by atoms with E-state index >= 15 is 0 Å². The van der Waals surface area contributed by atoms with E-state index in [9.17, 15) is 4.79 Å². The highest BCUT2D eigenvalue weighted by molar-refractivity contribution is 8.03. The maximum absolute atomic E-state index is 12.2. The van der Waals surface area contributed by atoms with Crippen LogP contribution in [0.4, 0.5) is 0 Å². The molecule has 1 N–H and O–H groups in total. The van der Waals surface area contributed by atoms with Gasteiger partial charge in [0.25, 0.3) is 0 Å². The Balaban J connectivity index is 2.30. The molecule has 2 rings (SSSR count). The van der Waals surface area contributed by atoms with E-state index in [1.807, 2.05) is 66.7 Å². The molecule has 0 amide bonds. The lowest BCUT2D eigenvalue weighted by Crippen LogP contribution is -2.12. The molecule has 2 aromatic rings. The number of methoxy groups -OCH3 is 1. The van der Waals surface area contributed by atoms with Crippen molar-refractivity contribution in [2.75, 3.05) is 13.7 Å². The summed E-state index contributed by atoms with van der Waals surface area (Å²) in [5.41, 5.74) is 0.902. The van der Waals surface area contributed by atoms with E-state index in [0.717, 1.165) is 21.8 Å². The molecule has 4 heteroatoms. The number of carbonyl (C=O) groups excluding carboxylic acids is 1. The van der Waals surface area contributed by atoms with E-state index in [0.29, 0.717) is 6.42 Å². The molecule has 1 unspecified atom stereocenters. The third kappa shape index (κ3) is 5.55. The lowest BCUT2D eigenvalue weighted by Gasteiger charge is -2.14. The van der Waals surface area contributed by atoms with Crippen molar-refractivity contribution >= 4 is 17.7 Å². The Kier molecular flexibility index (Phi) is 7.59. The molecule has 0 spiro atoms. The zero-order chi connectivity index (χ0) is 17.2. The number of ether oxygens (including phenoxy) is 1. The first-order valence-electron chi connectivity index (χ1n) is 7.92. The summed E-state index contributed by atoms with van der Waals surface area (Å²) in [6.07, 6.45) is 3.33. The summed E-state index contributed by atoms with van der Waals surface area (Å²) < 4.78 is 4.98. The summed E-state index contributed by atoms with van der Waals surface area (Å²) in [7, 11) is 1.41. The summed E-state index contributed by atoms with van der Waals surface area (Å²) in [6.45, 7) is 0.126. The number of aliphatic hydroxyl groups is 1. The fourth-order valence-electron chi connectivity index (χ4n) is 2.34. The summed E-state index contributed by atoms with van der Waals surface area (Å²) in [6, 6.07) is 19.6. The maximum Gasteiger partial charge on any atom is 0.317 e. The number of rotatable bonds is 8. The summed E-state index contributed by atoms with van der Waals surface area (Å²) in [5, 5.41) is 9.16. The third-order valence-electron chi connectivity index (χ3n) is 3.54. The zero-order valence-corrected chi connectivity index (χ0v) is 14.5. The van der Waals surface area contributed by atoms with Gasteiger partial charge in [0.2, 0.25) is 0 Å². The predicted molar refractivity (Wildman–Crippen MR) is 97.9 cm³/mol. The molecule has 2 aromatic carbocycles. The summed E-state index contributed by atoms with van der Waals surface area (Å²) in [5.74, 6) is -0.725. The van der Waals surface area contributed by atoms with Crippen LogP contribution in [0.2, 0.25) is 0 Å². The molecule has 0 aromatic heterocycles. The minimum atomic E-state index is -0.443. The molecule has 0 radical (unpaired) electrons. The average Bonchev–Trinajstić information content (AvgIpc) is 2.64. The SMILES string of the molecule is COC(=O)C(/C=C(/CCCO)Sc1ccccc1)c1ccccc1. The second kappa shape index (κ2) is 9.96. The van der Waals surface area contributed by atoms with Gasteiger partial charge in [-0.15, -0.1) is 0 Å². The summed E-state index contributed by atoms with van der Waals surface area (Å²) >= 11 is 1.62. The van der Waals surface area contributed by atoms with E-state index < -0.39 is 5.92 Å². The van der Waals surface area contributed by atoms with Crippen LogP contribution in [0.3, 0.4) is 0 Å². The van der Waals surface area contributed by atoms with E-state index in [4.69, 9.17) is 9.84 Å². The Labute approximate surface area is 147 Å². The topological polar surface area (TPSA) is 46.5 Å². The second-order valence-electron chi connectivity index (χ2n) is 5.29. The zero-order valence-electron chi connectivity index (χ0n) is 13.7. The van der Waals surface area contributed by atoms with Gasteiger partial charge in [-0.1, -0.05) is 66.4 Å². The van der Waals surface area contributed by atoms with E-state index in [-0.39, 0.29) is 12.6 Å². The van der Waals surface area contributed by atoms with Gasteiger partial charge in [-0.05, 0) is 35.4 Å². The minimum absolute atomic E-state index is 0.126. The molecule has 0 aliphatic heterocycles. The lowest BCUT2D eigenvalue weighted by atomic mass is 9.98. The van der Waals surface area contributed by atoms with E-state index in [1.165, 1.54) is 7.11 Å². The number of carbonyl (C=O) groups is 1. The van der Waals surface area contributed by atoms with Crippen LogP contribution in [0.5, 0.6) is 0 Å². The highest BCUT2D eigenvalue weighted by atomic mass is 32.2. The van der Waals surface area contributed by atoms with Gasteiger partial charge in [0, 0.05) is 11.5 Å².